The molecule has 0 aliphatic carbocycles. The number of nitrogens with zero attached hydrogens (tertiary/aromatic N) is 4. The van der Waals surface area contributed by atoms with Crippen LogP contribution in [0.15, 0.2) is 60.8 Å². The van der Waals surface area contributed by atoms with Crippen LogP contribution in [-0.4, -0.2) is 58.1 Å². The lowest BCUT2D eigenvalue weighted by Gasteiger charge is -2.38. The molecule has 1 saturated heterocycles. The van der Waals surface area contributed by atoms with Crippen LogP contribution in [0.3, 0.4) is 0 Å². The molecule has 1 aliphatic rings. The highest BCUT2D eigenvalue weighted by Gasteiger charge is 2.34. The molecule has 3 aromatic rings. The molecular weight excluding hydrogens is 437 g/mol. The van der Waals surface area contributed by atoms with Crippen molar-refractivity contribution in [3.63, 3.8) is 0 Å². The first-order valence-electron chi connectivity index (χ1n) is 10.5. The summed E-state index contributed by atoms with van der Waals surface area (Å²) in [7, 11) is 1.63. The Morgan fingerprint density at radius 2 is 1.82 bits per heavy atom. The van der Waals surface area contributed by atoms with Crippen molar-refractivity contribution < 1.29 is 27.4 Å². The van der Waals surface area contributed by atoms with Gasteiger partial charge in [-0.2, -0.15) is 5.10 Å². The second-order valence-corrected chi connectivity index (χ2v) is 7.80. The lowest BCUT2D eigenvalue weighted by molar-refractivity contribution is -0.274. The molecule has 2 atom stereocenters. The van der Waals surface area contributed by atoms with E-state index in [2.05, 4.69) is 14.9 Å². The summed E-state index contributed by atoms with van der Waals surface area (Å²) in [5, 5.41) is 8.37. The molecule has 1 aliphatic heterocycles. The molecule has 1 fully saturated rings. The van der Waals surface area contributed by atoms with E-state index >= 15 is 0 Å². The van der Waals surface area contributed by atoms with Gasteiger partial charge in [-0.25, -0.2) is 4.79 Å². The third-order valence-corrected chi connectivity index (χ3v) is 5.60. The molecular formula is C23H23F3N4O3. The van der Waals surface area contributed by atoms with Gasteiger partial charge in [0, 0.05) is 25.3 Å². The Morgan fingerprint density at radius 3 is 2.48 bits per heavy atom. The molecule has 0 radical (unpaired) electrons. The van der Waals surface area contributed by atoms with Crippen LogP contribution in [0, 0.1) is 0 Å². The van der Waals surface area contributed by atoms with Gasteiger partial charge in [0.05, 0.1) is 12.3 Å². The van der Waals surface area contributed by atoms with E-state index < -0.39 is 6.36 Å². The summed E-state index contributed by atoms with van der Waals surface area (Å²) in [6, 6.07) is 14.8. The van der Waals surface area contributed by atoms with Crippen molar-refractivity contribution in [2.75, 3.05) is 13.7 Å². The first-order chi connectivity index (χ1) is 15.8. The van der Waals surface area contributed by atoms with Gasteiger partial charge in [0.1, 0.15) is 11.4 Å². The van der Waals surface area contributed by atoms with Crippen molar-refractivity contribution in [2.45, 2.75) is 37.8 Å². The van der Waals surface area contributed by atoms with E-state index in [1.807, 2.05) is 30.3 Å². The number of hydrogen-bond acceptors (Lipinski definition) is 5. The molecule has 4 rings (SSSR count). The minimum absolute atomic E-state index is 0.0282. The number of halogens is 3. The van der Waals surface area contributed by atoms with Crippen molar-refractivity contribution in [2.24, 2.45) is 0 Å². The van der Waals surface area contributed by atoms with Gasteiger partial charge in [-0.15, -0.1) is 18.3 Å². The summed E-state index contributed by atoms with van der Waals surface area (Å²) in [4.78, 5) is 16.0. The molecule has 10 heteroatoms. The molecule has 0 bridgehead atoms. The predicted molar refractivity (Wildman–Crippen MR) is 114 cm³/mol. The topological polar surface area (TPSA) is 69.5 Å². The molecule has 2 heterocycles. The van der Waals surface area contributed by atoms with Crippen molar-refractivity contribution in [1.29, 1.82) is 0 Å². The zero-order valence-corrected chi connectivity index (χ0v) is 17.9. The van der Waals surface area contributed by atoms with E-state index in [1.165, 1.54) is 30.5 Å². The molecule has 0 saturated carbocycles. The van der Waals surface area contributed by atoms with E-state index in [4.69, 9.17) is 4.74 Å². The van der Waals surface area contributed by atoms with Crippen LogP contribution in [-0.2, 0) is 11.2 Å². The number of likely N-dealkylation sites (tertiary alicyclic amines) is 1. The van der Waals surface area contributed by atoms with E-state index in [1.54, 1.807) is 12.0 Å². The maximum Gasteiger partial charge on any atom is 0.573 e. The second-order valence-electron chi connectivity index (χ2n) is 7.80. The fourth-order valence-electron chi connectivity index (χ4n) is 3.95. The maximum atomic E-state index is 13.3. The second kappa shape index (κ2) is 9.62. The first-order valence-corrected chi connectivity index (χ1v) is 10.5. The number of aromatic nitrogens is 3. The molecule has 2 aromatic carbocycles. The number of carbonyl (C=O) groups excluding carboxylic acids is 1. The Bertz CT molecular complexity index is 1070. The van der Waals surface area contributed by atoms with E-state index in [0.29, 0.717) is 24.2 Å². The largest absolute Gasteiger partial charge is 0.573 e. The highest BCUT2D eigenvalue weighted by molar-refractivity contribution is 5.76. The lowest BCUT2D eigenvalue weighted by atomic mass is 9.94. The maximum absolute atomic E-state index is 13.3. The third kappa shape index (κ3) is 5.70. The van der Waals surface area contributed by atoms with E-state index in [0.717, 1.165) is 23.2 Å². The van der Waals surface area contributed by atoms with Gasteiger partial charge < -0.3 is 14.4 Å². The summed E-state index contributed by atoms with van der Waals surface area (Å²) in [6.45, 7) is 0.424. The van der Waals surface area contributed by atoms with E-state index in [-0.39, 0.29) is 23.9 Å². The molecule has 0 N–H and O–H groups in total. The summed E-state index contributed by atoms with van der Waals surface area (Å²) >= 11 is 0. The standard InChI is InChI=1S/C23H23F3N4O3/c1-32-20-12-9-18(13-16-5-3-2-4-6-16)29(15-20)22(31)30-27-14-21(28-30)17-7-10-19(11-8-17)33-23(24,25)26/h2-8,10-11,14,18,20H,9,12-13,15H2,1H3/t18-,20-/m1/s1. The third-order valence-electron chi connectivity index (χ3n) is 5.60. The molecule has 7 nitrogen and oxygen atoms in total. The van der Waals surface area contributed by atoms with Crippen LogP contribution in [0.1, 0.15) is 18.4 Å². The molecule has 174 valence electrons. The van der Waals surface area contributed by atoms with Crippen LogP contribution in [0.5, 0.6) is 5.75 Å². The summed E-state index contributed by atoms with van der Waals surface area (Å²) in [5.41, 5.74) is 2.01. The molecule has 33 heavy (non-hydrogen) atoms. The zero-order valence-electron chi connectivity index (χ0n) is 17.9. The fraction of sp³-hybridized carbons (Fsp3) is 0.348. The summed E-state index contributed by atoms with van der Waals surface area (Å²) < 4.78 is 46.4. The van der Waals surface area contributed by atoms with Gasteiger partial charge >= 0.3 is 12.4 Å². The van der Waals surface area contributed by atoms with Crippen molar-refractivity contribution >= 4 is 6.03 Å². The number of amides is 1. The quantitative estimate of drug-likeness (QED) is 0.560. The molecule has 0 spiro atoms. The number of ether oxygens (including phenoxy) is 2. The number of methoxy groups -OCH3 is 1. The van der Waals surface area contributed by atoms with Gasteiger partial charge in [0.2, 0.25) is 0 Å². The van der Waals surface area contributed by atoms with Gasteiger partial charge in [-0.05, 0) is 49.1 Å². The summed E-state index contributed by atoms with van der Waals surface area (Å²) in [5.74, 6) is -0.336. The molecule has 0 unspecified atom stereocenters. The molecule has 1 aromatic heterocycles. The Morgan fingerprint density at radius 1 is 1.09 bits per heavy atom. The Hall–Kier alpha value is -3.40. The van der Waals surface area contributed by atoms with Crippen LogP contribution in [0.2, 0.25) is 0 Å². The number of benzene rings is 2. The Balaban J connectivity index is 1.51. The Labute approximate surface area is 188 Å². The van der Waals surface area contributed by atoms with Crippen molar-refractivity contribution in [3.05, 3.63) is 66.4 Å². The van der Waals surface area contributed by atoms with Crippen LogP contribution in [0.25, 0.3) is 11.3 Å². The van der Waals surface area contributed by atoms with Crippen LogP contribution >= 0.6 is 0 Å². The van der Waals surface area contributed by atoms with Gasteiger partial charge in [-0.3, -0.25) is 0 Å². The average Bonchev–Trinajstić information content (AvgIpc) is 3.29. The highest BCUT2D eigenvalue weighted by atomic mass is 19.4. The predicted octanol–water partition coefficient (Wildman–Crippen LogP) is 4.53. The highest BCUT2D eigenvalue weighted by Crippen LogP contribution is 2.26. The normalized spacial score (nSPS) is 18.8. The summed E-state index contributed by atoms with van der Waals surface area (Å²) in [6.07, 6.45) is -1.09. The van der Waals surface area contributed by atoms with Crippen molar-refractivity contribution in [3.8, 4) is 17.0 Å². The fourth-order valence-corrected chi connectivity index (χ4v) is 3.95. The first kappa shape index (κ1) is 22.8. The number of rotatable bonds is 5. The zero-order chi connectivity index (χ0) is 23.4. The van der Waals surface area contributed by atoms with E-state index in [9.17, 15) is 18.0 Å². The average molecular weight is 460 g/mol. The van der Waals surface area contributed by atoms with Crippen LogP contribution in [0.4, 0.5) is 18.0 Å². The van der Waals surface area contributed by atoms with Gasteiger partial charge in [-0.1, -0.05) is 35.1 Å². The number of alkyl halides is 3. The van der Waals surface area contributed by atoms with Crippen LogP contribution < -0.4 is 4.74 Å². The molecule has 1 amide bonds. The van der Waals surface area contributed by atoms with Gasteiger partial charge in [0.15, 0.2) is 0 Å². The number of hydrogen-bond donors (Lipinski definition) is 0. The van der Waals surface area contributed by atoms with Gasteiger partial charge in [0.25, 0.3) is 0 Å². The SMILES string of the molecule is CO[C@@H]1CC[C@H](Cc2ccccc2)N(C(=O)n2ncc(-c3ccc(OC(F)(F)F)cc3)n2)C1. The van der Waals surface area contributed by atoms with Crippen molar-refractivity contribution in [1.82, 2.24) is 19.9 Å². The lowest BCUT2D eigenvalue weighted by Crippen LogP contribution is -2.52. The number of piperidine rings is 1. The monoisotopic (exact) mass is 460 g/mol. The minimum atomic E-state index is -4.76. The number of carbonyl (C=O) groups is 1. The Kier molecular flexibility index (Phi) is 6.64. The smallest absolute Gasteiger partial charge is 0.406 e. The minimum Gasteiger partial charge on any atom is -0.406 e.